The molecule has 266 valence electrons. The fourth-order valence-corrected chi connectivity index (χ4v) is 8.47. The smallest absolute Gasteiger partial charge is 0.164 e. The lowest BCUT2D eigenvalue weighted by atomic mass is 10.0. The minimum atomic E-state index is 0.578. The third kappa shape index (κ3) is 4.94. The van der Waals surface area contributed by atoms with Gasteiger partial charge in [-0.3, -0.25) is 0 Å². The van der Waals surface area contributed by atoms with Crippen LogP contribution in [-0.2, 0) is 0 Å². The highest BCUT2D eigenvalue weighted by Crippen LogP contribution is 2.45. The van der Waals surface area contributed by atoms with Crippen LogP contribution in [0.25, 0.3) is 117 Å². The molecule has 0 fully saturated rings. The maximum absolute atomic E-state index is 6.89. The van der Waals surface area contributed by atoms with E-state index in [1.807, 2.05) is 78.9 Å². The Morgan fingerprint density at radius 3 is 1.60 bits per heavy atom. The second-order valence-corrected chi connectivity index (χ2v) is 14.4. The lowest BCUT2D eigenvalue weighted by molar-refractivity contribution is 0.668. The van der Waals surface area contributed by atoms with Gasteiger partial charge in [0.2, 0.25) is 0 Å². The normalized spacial score (nSPS) is 11.9. The van der Waals surface area contributed by atoms with Gasteiger partial charge in [-0.1, -0.05) is 133 Å². The van der Waals surface area contributed by atoms with E-state index in [2.05, 4.69) is 108 Å². The van der Waals surface area contributed by atoms with Gasteiger partial charge in [0.1, 0.15) is 22.3 Å². The zero-order valence-electron chi connectivity index (χ0n) is 30.4. The highest BCUT2D eigenvalue weighted by atomic mass is 16.3. The van der Waals surface area contributed by atoms with Crippen LogP contribution in [-0.4, -0.2) is 19.5 Å². The van der Waals surface area contributed by atoms with E-state index in [0.717, 1.165) is 93.8 Å². The summed E-state index contributed by atoms with van der Waals surface area (Å²) in [5.74, 6) is 1.81. The number of rotatable bonds is 5. The van der Waals surface area contributed by atoms with Crippen molar-refractivity contribution in [1.29, 1.82) is 0 Å². The lowest BCUT2D eigenvalue weighted by Gasteiger charge is -2.12. The molecule has 4 heterocycles. The van der Waals surface area contributed by atoms with E-state index in [1.165, 1.54) is 5.39 Å². The van der Waals surface area contributed by atoms with Gasteiger partial charge in [0.25, 0.3) is 0 Å². The minimum absolute atomic E-state index is 0.578. The van der Waals surface area contributed by atoms with Crippen LogP contribution in [0, 0.1) is 0 Å². The van der Waals surface area contributed by atoms with Crippen molar-refractivity contribution in [3.05, 3.63) is 182 Å². The lowest BCUT2D eigenvalue weighted by Crippen LogP contribution is -2.00. The van der Waals surface area contributed by atoms with Crippen LogP contribution in [0.4, 0.5) is 0 Å². The average molecular weight is 731 g/mol. The molecule has 57 heavy (non-hydrogen) atoms. The Balaban J connectivity index is 1.13. The van der Waals surface area contributed by atoms with Crippen molar-refractivity contribution in [2.45, 2.75) is 0 Å². The van der Waals surface area contributed by atoms with Gasteiger partial charge in [0.05, 0.1) is 22.1 Å². The SMILES string of the molecule is c1ccc(-c2cc(-n3c4ccccc4c4c5c(ccc43)oc3ccccc35)c3c(c2)oc2cc(-c4nc(-c5ccccc5)nc(-c5ccccc5)n4)ccc23)cc1. The van der Waals surface area contributed by atoms with E-state index in [9.17, 15) is 0 Å². The molecule has 0 radical (unpaired) electrons. The third-order valence-electron chi connectivity index (χ3n) is 11.0. The van der Waals surface area contributed by atoms with Gasteiger partial charge in [0, 0.05) is 43.6 Å². The van der Waals surface area contributed by atoms with Crippen molar-refractivity contribution < 1.29 is 8.83 Å². The number of aromatic nitrogens is 4. The van der Waals surface area contributed by atoms with Crippen LogP contribution in [0.2, 0.25) is 0 Å². The molecule has 0 atom stereocenters. The molecule has 0 aliphatic rings. The van der Waals surface area contributed by atoms with Crippen molar-refractivity contribution in [2.24, 2.45) is 0 Å². The molecule has 0 N–H and O–H groups in total. The standard InChI is InChI=1S/C51H30N4O2/c1-4-14-31(15-5-1)35-28-41(55-39-22-12-10-20-36(39)47-40(55)26-27-43-48(47)37-21-11-13-23-42(37)56-43)46-38-25-24-34(29-44(38)57-45(46)30-35)51-53-49(32-16-6-2-7-17-32)52-50(54-51)33-18-8-3-9-19-33/h1-30H. The summed E-state index contributed by atoms with van der Waals surface area (Å²) in [6.45, 7) is 0. The molecule has 0 saturated carbocycles. The summed E-state index contributed by atoms with van der Waals surface area (Å²) < 4.78 is 15.7. The minimum Gasteiger partial charge on any atom is -0.456 e. The van der Waals surface area contributed by atoms with Gasteiger partial charge >= 0.3 is 0 Å². The summed E-state index contributed by atoms with van der Waals surface area (Å²) in [5.41, 5.74) is 11.4. The Labute approximate surface area is 325 Å². The fourth-order valence-electron chi connectivity index (χ4n) is 8.47. The Morgan fingerprint density at radius 2 is 0.877 bits per heavy atom. The molecule has 12 aromatic rings. The monoisotopic (exact) mass is 730 g/mol. The second-order valence-electron chi connectivity index (χ2n) is 14.4. The van der Waals surface area contributed by atoms with Gasteiger partial charge < -0.3 is 13.4 Å². The summed E-state index contributed by atoms with van der Waals surface area (Å²) in [7, 11) is 0. The van der Waals surface area contributed by atoms with Gasteiger partial charge in [-0.05, 0) is 59.7 Å². The van der Waals surface area contributed by atoms with Crippen LogP contribution >= 0.6 is 0 Å². The van der Waals surface area contributed by atoms with E-state index < -0.39 is 0 Å². The Bertz CT molecular complexity index is 3450. The Kier molecular flexibility index (Phi) is 6.83. The highest BCUT2D eigenvalue weighted by Gasteiger charge is 2.23. The van der Waals surface area contributed by atoms with Crippen LogP contribution < -0.4 is 0 Å². The predicted octanol–water partition coefficient (Wildman–Crippen LogP) is 13.4. The average Bonchev–Trinajstić information content (AvgIpc) is 3.96. The van der Waals surface area contributed by atoms with Crippen LogP contribution in [0.5, 0.6) is 0 Å². The van der Waals surface area contributed by atoms with Crippen molar-refractivity contribution in [1.82, 2.24) is 19.5 Å². The zero-order valence-corrected chi connectivity index (χ0v) is 30.4. The second kappa shape index (κ2) is 12.3. The molecule has 0 spiro atoms. The first-order valence-corrected chi connectivity index (χ1v) is 19.0. The Morgan fingerprint density at radius 1 is 0.316 bits per heavy atom. The van der Waals surface area contributed by atoms with Gasteiger partial charge in [-0.25, -0.2) is 15.0 Å². The third-order valence-corrected chi connectivity index (χ3v) is 11.0. The first kappa shape index (κ1) is 31.5. The zero-order chi connectivity index (χ0) is 37.5. The van der Waals surface area contributed by atoms with Gasteiger partial charge in [-0.15, -0.1) is 0 Å². The molecule has 12 rings (SSSR count). The number of fused-ring (bicyclic) bond motifs is 10. The number of nitrogens with zero attached hydrogens (tertiary/aromatic N) is 4. The van der Waals surface area contributed by atoms with Crippen molar-refractivity contribution in [3.63, 3.8) is 0 Å². The molecule has 0 aliphatic heterocycles. The summed E-state index contributed by atoms with van der Waals surface area (Å²) in [5, 5.41) is 6.59. The summed E-state index contributed by atoms with van der Waals surface area (Å²) in [6.07, 6.45) is 0. The van der Waals surface area contributed by atoms with Gasteiger partial charge in [0.15, 0.2) is 17.5 Å². The molecule has 0 bridgehead atoms. The summed E-state index contributed by atoms with van der Waals surface area (Å²) >= 11 is 0. The van der Waals surface area contributed by atoms with Crippen LogP contribution in [0.3, 0.4) is 0 Å². The number of furan rings is 2. The van der Waals surface area contributed by atoms with Crippen LogP contribution in [0.1, 0.15) is 0 Å². The Hall–Kier alpha value is -7.83. The molecule has 6 heteroatoms. The maximum Gasteiger partial charge on any atom is 0.164 e. The molecule has 6 nitrogen and oxygen atoms in total. The molecule has 0 aliphatic carbocycles. The number of para-hydroxylation sites is 2. The highest BCUT2D eigenvalue weighted by molar-refractivity contribution is 6.28. The molecule has 4 aromatic heterocycles. The molecule has 0 amide bonds. The van der Waals surface area contributed by atoms with E-state index in [4.69, 9.17) is 23.8 Å². The first-order chi connectivity index (χ1) is 28.2. The van der Waals surface area contributed by atoms with Crippen LogP contribution in [0.15, 0.2) is 191 Å². The van der Waals surface area contributed by atoms with E-state index in [-0.39, 0.29) is 0 Å². The molecule has 8 aromatic carbocycles. The number of hydrogen-bond donors (Lipinski definition) is 0. The maximum atomic E-state index is 6.89. The predicted molar refractivity (Wildman–Crippen MR) is 230 cm³/mol. The van der Waals surface area contributed by atoms with E-state index in [1.54, 1.807) is 0 Å². The first-order valence-electron chi connectivity index (χ1n) is 19.0. The van der Waals surface area contributed by atoms with E-state index >= 15 is 0 Å². The number of hydrogen-bond acceptors (Lipinski definition) is 5. The van der Waals surface area contributed by atoms with E-state index in [0.29, 0.717) is 17.5 Å². The molecular formula is C51H30N4O2. The topological polar surface area (TPSA) is 69.9 Å². The molecular weight excluding hydrogens is 701 g/mol. The quantitative estimate of drug-likeness (QED) is 0.176. The number of benzene rings is 8. The molecule has 0 unspecified atom stereocenters. The van der Waals surface area contributed by atoms with Gasteiger partial charge in [-0.2, -0.15) is 0 Å². The largest absolute Gasteiger partial charge is 0.456 e. The van der Waals surface area contributed by atoms with Crippen molar-refractivity contribution >= 4 is 65.7 Å². The van der Waals surface area contributed by atoms with Crippen molar-refractivity contribution in [2.75, 3.05) is 0 Å². The summed E-state index contributed by atoms with van der Waals surface area (Å²) in [4.78, 5) is 14.9. The fraction of sp³-hybridized carbons (Fsp3) is 0. The van der Waals surface area contributed by atoms with Crippen molar-refractivity contribution in [3.8, 4) is 51.0 Å². The summed E-state index contributed by atoms with van der Waals surface area (Å²) in [6, 6.07) is 62.6. The molecule has 0 saturated heterocycles.